The molecule has 96 valence electrons. The van der Waals surface area contributed by atoms with Crippen molar-refractivity contribution < 1.29 is 0 Å². The summed E-state index contributed by atoms with van der Waals surface area (Å²) >= 11 is 4.19. The maximum atomic E-state index is 4.19. The van der Waals surface area contributed by atoms with Gasteiger partial charge in [-0.1, -0.05) is 13.8 Å². The zero-order chi connectivity index (χ0) is 12.5. The van der Waals surface area contributed by atoms with Crippen LogP contribution in [-0.4, -0.2) is 25.4 Å². The Morgan fingerprint density at radius 2 is 1.65 bits per heavy atom. The first-order valence-electron chi connectivity index (χ1n) is 6.51. The van der Waals surface area contributed by atoms with E-state index in [1.54, 1.807) is 0 Å². The minimum Gasteiger partial charge on any atom is -0.384 e. The Bertz CT molecular complexity index is 292. The summed E-state index contributed by atoms with van der Waals surface area (Å²) in [6, 6.07) is 8.70. The second-order valence-corrected chi connectivity index (χ2v) is 4.63. The van der Waals surface area contributed by atoms with Crippen molar-refractivity contribution >= 4 is 24.0 Å². The second kappa shape index (κ2) is 8.29. The lowest BCUT2D eigenvalue weighted by Crippen LogP contribution is -2.24. The quantitative estimate of drug-likeness (QED) is 0.687. The lowest BCUT2D eigenvalue weighted by Gasteiger charge is -2.24. The van der Waals surface area contributed by atoms with Crippen LogP contribution >= 0.6 is 12.6 Å². The van der Waals surface area contributed by atoms with Gasteiger partial charge in [0.1, 0.15) is 0 Å². The summed E-state index contributed by atoms with van der Waals surface area (Å²) in [7, 11) is 0. The molecule has 1 aromatic rings. The molecule has 1 rings (SSSR count). The van der Waals surface area contributed by atoms with Crippen LogP contribution < -0.4 is 10.2 Å². The van der Waals surface area contributed by atoms with Crippen LogP contribution in [0.5, 0.6) is 0 Å². The van der Waals surface area contributed by atoms with Gasteiger partial charge in [0.05, 0.1) is 0 Å². The standard InChI is InChI=1S/C14H24N2S/c1-3-10-16(11-4-2)14-7-5-13(6-8-14)15-9-12-17/h5-8,15,17H,3-4,9-12H2,1-2H3. The third-order valence-electron chi connectivity index (χ3n) is 2.66. The molecule has 0 unspecified atom stereocenters. The summed E-state index contributed by atoms with van der Waals surface area (Å²) in [6.07, 6.45) is 2.39. The molecule has 0 atom stereocenters. The highest BCUT2D eigenvalue weighted by Crippen LogP contribution is 2.18. The van der Waals surface area contributed by atoms with E-state index in [9.17, 15) is 0 Å². The van der Waals surface area contributed by atoms with E-state index in [4.69, 9.17) is 0 Å². The summed E-state index contributed by atoms with van der Waals surface area (Å²) in [6.45, 7) is 7.64. The van der Waals surface area contributed by atoms with Gasteiger partial charge >= 0.3 is 0 Å². The molecule has 0 aliphatic carbocycles. The molecule has 1 N–H and O–H groups in total. The molecule has 0 radical (unpaired) electrons. The van der Waals surface area contributed by atoms with E-state index in [1.165, 1.54) is 24.2 Å². The highest BCUT2D eigenvalue weighted by atomic mass is 32.1. The van der Waals surface area contributed by atoms with Gasteiger partial charge in [-0.25, -0.2) is 0 Å². The van der Waals surface area contributed by atoms with Gasteiger partial charge in [0.15, 0.2) is 0 Å². The maximum absolute atomic E-state index is 4.19. The summed E-state index contributed by atoms with van der Waals surface area (Å²) in [5, 5.41) is 3.33. The van der Waals surface area contributed by atoms with E-state index < -0.39 is 0 Å². The van der Waals surface area contributed by atoms with Gasteiger partial charge in [-0.05, 0) is 37.1 Å². The number of thiol groups is 1. The van der Waals surface area contributed by atoms with E-state index in [1.807, 2.05) is 0 Å². The Morgan fingerprint density at radius 1 is 1.06 bits per heavy atom. The van der Waals surface area contributed by atoms with E-state index in [0.29, 0.717) is 0 Å². The fourth-order valence-electron chi connectivity index (χ4n) is 1.90. The molecule has 0 bridgehead atoms. The molecular formula is C14H24N2S. The number of rotatable bonds is 8. The first kappa shape index (κ1) is 14.2. The largest absolute Gasteiger partial charge is 0.384 e. The van der Waals surface area contributed by atoms with Crippen molar-refractivity contribution in [3.8, 4) is 0 Å². The van der Waals surface area contributed by atoms with E-state index in [0.717, 1.165) is 25.4 Å². The summed E-state index contributed by atoms with van der Waals surface area (Å²) in [5.74, 6) is 0.861. The van der Waals surface area contributed by atoms with Crippen LogP contribution in [0.3, 0.4) is 0 Å². The van der Waals surface area contributed by atoms with Crippen molar-refractivity contribution in [2.75, 3.05) is 35.6 Å². The smallest absolute Gasteiger partial charge is 0.0367 e. The lowest BCUT2D eigenvalue weighted by atomic mass is 10.2. The Morgan fingerprint density at radius 3 is 2.12 bits per heavy atom. The van der Waals surface area contributed by atoms with Crippen LogP contribution in [0.4, 0.5) is 11.4 Å². The number of hydrogen-bond acceptors (Lipinski definition) is 3. The molecule has 0 heterocycles. The van der Waals surface area contributed by atoms with Crippen LogP contribution in [0.2, 0.25) is 0 Å². The van der Waals surface area contributed by atoms with Crippen LogP contribution in [-0.2, 0) is 0 Å². The van der Waals surface area contributed by atoms with Crippen molar-refractivity contribution in [2.24, 2.45) is 0 Å². The summed E-state index contributed by atoms with van der Waals surface area (Å²) in [5.41, 5.74) is 2.50. The maximum Gasteiger partial charge on any atom is 0.0367 e. The average Bonchev–Trinajstić information content (AvgIpc) is 2.37. The first-order chi connectivity index (χ1) is 8.31. The SMILES string of the molecule is CCCN(CCC)c1ccc(NCCS)cc1. The Balaban J connectivity index is 2.63. The number of nitrogens with one attached hydrogen (secondary N) is 1. The minimum absolute atomic E-state index is 0.861. The summed E-state index contributed by atoms with van der Waals surface area (Å²) < 4.78 is 0. The van der Waals surface area contributed by atoms with Crippen molar-refractivity contribution in [2.45, 2.75) is 26.7 Å². The van der Waals surface area contributed by atoms with Crippen LogP contribution in [0.25, 0.3) is 0 Å². The van der Waals surface area contributed by atoms with Gasteiger partial charge in [0.25, 0.3) is 0 Å². The van der Waals surface area contributed by atoms with Gasteiger partial charge in [-0.15, -0.1) is 0 Å². The summed E-state index contributed by atoms with van der Waals surface area (Å²) in [4.78, 5) is 2.45. The van der Waals surface area contributed by atoms with Gasteiger partial charge in [0, 0.05) is 36.8 Å². The molecule has 17 heavy (non-hydrogen) atoms. The monoisotopic (exact) mass is 252 g/mol. The molecule has 0 fully saturated rings. The molecular weight excluding hydrogens is 228 g/mol. The van der Waals surface area contributed by atoms with E-state index in [2.05, 4.69) is 61.0 Å². The van der Waals surface area contributed by atoms with Gasteiger partial charge in [0.2, 0.25) is 0 Å². The number of benzene rings is 1. The fraction of sp³-hybridized carbons (Fsp3) is 0.571. The normalized spacial score (nSPS) is 10.3. The molecule has 1 aromatic carbocycles. The third kappa shape index (κ3) is 4.90. The van der Waals surface area contributed by atoms with Crippen molar-refractivity contribution in [3.63, 3.8) is 0 Å². The van der Waals surface area contributed by atoms with Crippen LogP contribution in [0, 0.1) is 0 Å². The third-order valence-corrected chi connectivity index (χ3v) is 2.88. The van der Waals surface area contributed by atoms with Crippen molar-refractivity contribution in [3.05, 3.63) is 24.3 Å². The van der Waals surface area contributed by atoms with E-state index in [-0.39, 0.29) is 0 Å². The van der Waals surface area contributed by atoms with Gasteiger partial charge in [-0.2, -0.15) is 12.6 Å². The fourth-order valence-corrected chi connectivity index (χ4v) is 2.01. The minimum atomic E-state index is 0.861. The molecule has 0 spiro atoms. The number of hydrogen-bond donors (Lipinski definition) is 2. The highest BCUT2D eigenvalue weighted by Gasteiger charge is 2.03. The molecule has 3 heteroatoms. The topological polar surface area (TPSA) is 15.3 Å². The Labute approximate surface area is 111 Å². The zero-order valence-electron chi connectivity index (χ0n) is 10.9. The van der Waals surface area contributed by atoms with Crippen molar-refractivity contribution in [1.82, 2.24) is 0 Å². The number of nitrogens with zero attached hydrogens (tertiary/aromatic N) is 1. The predicted octanol–water partition coefficient (Wildman–Crippen LogP) is 3.65. The second-order valence-electron chi connectivity index (χ2n) is 4.18. The molecule has 0 saturated carbocycles. The molecule has 0 saturated heterocycles. The van der Waals surface area contributed by atoms with Crippen molar-refractivity contribution in [1.29, 1.82) is 0 Å². The molecule has 2 nitrogen and oxygen atoms in total. The molecule has 0 aromatic heterocycles. The van der Waals surface area contributed by atoms with Crippen LogP contribution in [0.15, 0.2) is 24.3 Å². The van der Waals surface area contributed by atoms with Gasteiger partial charge in [-0.3, -0.25) is 0 Å². The average molecular weight is 252 g/mol. The van der Waals surface area contributed by atoms with Crippen LogP contribution in [0.1, 0.15) is 26.7 Å². The lowest BCUT2D eigenvalue weighted by molar-refractivity contribution is 0.745. The Hall–Kier alpha value is -0.830. The molecule has 0 amide bonds. The Kier molecular flexibility index (Phi) is 6.94. The zero-order valence-corrected chi connectivity index (χ0v) is 11.8. The highest BCUT2D eigenvalue weighted by molar-refractivity contribution is 7.80. The number of anilines is 2. The predicted molar refractivity (Wildman–Crippen MR) is 81.6 cm³/mol. The van der Waals surface area contributed by atoms with Gasteiger partial charge < -0.3 is 10.2 Å². The molecule has 0 aliphatic rings. The van der Waals surface area contributed by atoms with E-state index >= 15 is 0 Å². The first-order valence-corrected chi connectivity index (χ1v) is 7.14. The molecule has 0 aliphatic heterocycles.